The molecular weight excluding hydrogens is 384 g/mol. The van der Waals surface area contributed by atoms with Crippen LogP contribution in [0.3, 0.4) is 0 Å². The second-order valence-electron chi connectivity index (χ2n) is 7.29. The molecule has 0 bridgehead atoms. The predicted octanol–water partition coefficient (Wildman–Crippen LogP) is 2.68. The van der Waals surface area contributed by atoms with E-state index in [0.717, 1.165) is 11.1 Å². The average molecular weight is 414 g/mol. The van der Waals surface area contributed by atoms with Crippen molar-refractivity contribution in [3.63, 3.8) is 0 Å². The molecule has 0 aromatic heterocycles. The molecule has 162 valence electrons. The van der Waals surface area contributed by atoms with Crippen molar-refractivity contribution < 1.29 is 29.2 Å². The zero-order valence-electron chi connectivity index (χ0n) is 17.2. The third-order valence-corrected chi connectivity index (χ3v) is 5.29. The van der Waals surface area contributed by atoms with Crippen LogP contribution in [0.1, 0.15) is 11.1 Å². The van der Waals surface area contributed by atoms with Crippen molar-refractivity contribution in [3.05, 3.63) is 84.4 Å². The number of hydrogen-bond donors (Lipinski definition) is 2. The molecule has 0 radical (unpaired) electrons. The van der Waals surface area contributed by atoms with Gasteiger partial charge >= 0.3 is 0 Å². The maximum atomic E-state index is 10.3. The number of methoxy groups -OCH3 is 1. The zero-order valence-corrected chi connectivity index (χ0v) is 17.2. The van der Waals surface area contributed by atoms with Crippen LogP contribution in [-0.4, -0.2) is 54.6 Å². The van der Waals surface area contributed by atoms with E-state index in [1.165, 1.54) is 0 Å². The molecule has 6 heteroatoms. The first-order valence-electron chi connectivity index (χ1n) is 10.1. The summed E-state index contributed by atoms with van der Waals surface area (Å²) < 4.78 is 24.0. The quantitative estimate of drug-likeness (QED) is 0.551. The van der Waals surface area contributed by atoms with Gasteiger partial charge in [-0.2, -0.15) is 0 Å². The van der Waals surface area contributed by atoms with Crippen LogP contribution in [0, 0.1) is 5.92 Å². The molecule has 0 unspecified atom stereocenters. The normalized spacial score (nSPS) is 25.7. The van der Waals surface area contributed by atoms with Crippen molar-refractivity contribution in [2.45, 2.75) is 43.9 Å². The minimum Gasteiger partial charge on any atom is -0.394 e. The molecule has 0 saturated carbocycles. The summed E-state index contributed by atoms with van der Waals surface area (Å²) in [7, 11) is 1.55. The summed E-state index contributed by atoms with van der Waals surface area (Å²) in [6.07, 6.45) is -1.75. The predicted molar refractivity (Wildman–Crippen MR) is 112 cm³/mol. The van der Waals surface area contributed by atoms with Crippen LogP contribution in [0.15, 0.2) is 73.3 Å². The highest BCUT2D eigenvalue weighted by molar-refractivity contribution is 5.15. The molecular formula is C24H30O6. The number of aliphatic hydroxyl groups excluding tert-OH is 2. The summed E-state index contributed by atoms with van der Waals surface area (Å²) in [5.74, 6) is -0.543. The van der Waals surface area contributed by atoms with Crippen molar-refractivity contribution in [2.24, 2.45) is 5.92 Å². The minimum absolute atomic E-state index is 0.353. The molecule has 1 saturated heterocycles. The fraction of sp³-hybridized carbons (Fsp3) is 0.417. The molecule has 6 atom stereocenters. The standard InChI is InChI=1S/C24H30O6/c1-3-19(20(26)14-25)21-22(28-15-17-10-6-4-7-11-17)23(24(27-2)30-21)29-16-18-12-8-5-9-13-18/h3-13,19-26H,1,14-16H2,2H3/t19-,20+,21-,22-,23-,24-/m1/s1. The summed E-state index contributed by atoms with van der Waals surface area (Å²) in [6.45, 7) is 4.12. The molecule has 3 rings (SSSR count). The van der Waals surface area contributed by atoms with Crippen molar-refractivity contribution >= 4 is 0 Å². The molecule has 0 amide bonds. The summed E-state index contributed by atoms with van der Waals surface area (Å²) in [6, 6.07) is 19.6. The van der Waals surface area contributed by atoms with E-state index in [1.807, 2.05) is 60.7 Å². The van der Waals surface area contributed by atoms with Gasteiger partial charge in [-0.25, -0.2) is 0 Å². The number of benzene rings is 2. The molecule has 0 aliphatic carbocycles. The van der Waals surface area contributed by atoms with Crippen molar-refractivity contribution in [1.29, 1.82) is 0 Å². The van der Waals surface area contributed by atoms with Crippen LogP contribution in [0.2, 0.25) is 0 Å². The Morgan fingerprint density at radius 2 is 1.50 bits per heavy atom. The van der Waals surface area contributed by atoms with Crippen LogP contribution in [0.5, 0.6) is 0 Å². The van der Waals surface area contributed by atoms with Crippen molar-refractivity contribution in [3.8, 4) is 0 Å². The van der Waals surface area contributed by atoms with Crippen LogP contribution < -0.4 is 0 Å². The third kappa shape index (κ3) is 5.55. The first-order valence-corrected chi connectivity index (χ1v) is 10.1. The molecule has 30 heavy (non-hydrogen) atoms. The Hall–Kier alpha value is -2.06. The smallest absolute Gasteiger partial charge is 0.186 e. The lowest BCUT2D eigenvalue weighted by atomic mass is 9.91. The maximum Gasteiger partial charge on any atom is 0.186 e. The van der Waals surface area contributed by atoms with Gasteiger partial charge in [0, 0.05) is 13.0 Å². The molecule has 6 nitrogen and oxygen atoms in total. The molecule has 0 spiro atoms. The molecule has 1 aliphatic rings. The SMILES string of the molecule is C=C[C@@H]([C@H]1O[C@@H](OC)[C@H](OCc2ccccc2)[C@@H]1OCc1ccccc1)[C@@H](O)CO. The van der Waals surface area contributed by atoms with E-state index >= 15 is 0 Å². The van der Waals surface area contributed by atoms with Crippen molar-refractivity contribution in [1.82, 2.24) is 0 Å². The molecule has 1 fully saturated rings. The lowest BCUT2D eigenvalue weighted by Crippen LogP contribution is -2.43. The van der Waals surface area contributed by atoms with Gasteiger partial charge in [-0.3, -0.25) is 0 Å². The third-order valence-electron chi connectivity index (χ3n) is 5.29. The second-order valence-corrected chi connectivity index (χ2v) is 7.29. The van der Waals surface area contributed by atoms with Gasteiger partial charge in [0.1, 0.15) is 12.2 Å². The van der Waals surface area contributed by atoms with Crippen LogP contribution in [0.25, 0.3) is 0 Å². The summed E-state index contributed by atoms with van der Waals surface area (Å²) in [4.78, 5) is 0. The lowest BCUT2D eigenvalue weighted by Gasteiger charge is -2.29. The van der Waals surface area contributed by atoms with Gasteiger partial charge in [0.25, 0.3) is 0 Å². The van der Waals surface area contributed by atoms with Crippen LogP contribution in [0.4, 0.5) is 0 Å². The summed E-state index contributed by atoms with van der Waals surface area (Å²) >= 11 is 0. The summed E-state index contributed by atoms with van der Waals surface area (Å²) in [5, 5.41) is 19.8. The van der Waals surface area contributed by atoms with Gasteiger partial charge in [0.15, 0.2) is 6.29 Å². The van der Waals surface area contributed by atoms with Crippen molar-refractivity contribution in [2.75, 3.05) is 13.7 Å². The van der Waals surface area contributed by atoms with E-state index in [0.29, 0.717) is 13.2 Å². The van der Waals surface area contributed by atoms with E-state index in [4.69, 9.17) is 18.9 Å². The fourth-order valence-electron chi connectivity index (χ4n) is 3.68. The molecule has 2 aromatic carbocycles. The number of aliphatic hydroxyl groups is 2. The van der Waals surface area contributed by atoms with Crippen LogP contribution in [-0.2, 0) is 32.2 Å². The minimum atomic E-state index is -1.03. The van der Waals surface area contributed by atoms with Gasteiger partial charge in [0.2, 0.25) is 0 Å². The Morgan fingerprint density at radius 1 is 0.967 bits per heavy atom. The first kappa shape index (κ1) is 22.6. The molecule has 2 aromatic rings. The largest absolute Gasteiger partial charge is 0.394 e. The summed E-state index contributed by atoms with van der Waals surface area (Å²) in [5.41, 5.74) is 2.03. The van der Waals surface area contributed by atoms with E-state index in [1.54, 1.807) is 13.2 Å². The number of ether oxygens (including phenoxy) is 4. The van der Waals surface area contributed by atoms with E-state index in [-0.39, 0.29) is 0 Å². The van der Waals surface area contributed by atoms with Gasteiger partial charge < -0.3 is 29.2 Å². The number of rotatable bonds is 11. The Balaban J connectivity index is 1.80. The molecule has 1 heterocycles. The van der Waals surface area contributed by atoms with Gasteiger partial charge in [-0.05, 0) is 11.1 Å². The molecule has 1 aliphatic heterocycles. The highest BCUT2D eigenvalue weighted by atomic mass is 16.7. The Bertz CT molecular complexity index is 753. The van der Waals surface area contributed by atoms with E-state index in [2.05, 4.69) is 6.58 Å². The Morgan fingerprint density at radius 3 is 1.97 bits per heavy atom. The number of hydrogen-bond acceptors (Lipinski definition) is 6. The maximum absolute atomic E-state index is 10.3. The van der Waals surface area contributed by atoms with Gasteiger partial charge in [-0.15, -0.1) is 6.58 Å². The zero-order chi connectivity index (χ0) is 21.3. The van der Waals surface area contributed by atoms with E-state index in [9.17, 15) is 10.2 Å². The van der Waals surface area contributed by atoms with Gasteiger partial charge in [-0.1, -0.05) is 66.7 Å². The van der Waals surface area contributed by atoms with Gasteiger partial charge in [0.05, 0.1) is 32.0 Å². The Kier molecular flexibility index (Phi) is 8.57. The van der Waals surface area contributed by atoms with Crippen LogP contribution >= 0.6 is 0 Å². The van der Waals surface area contributed by atoms with E-state index < -0.39 is 43.2 Å². The first-order chi connectivity index (χ1) is 14.7. The topological polar surface area (TPSA) is 77.4 Å². The lowest BCUT2D eigenvalue weighted by molar-refractivity contribution is -0.172. The highest BCUT2D eigenvalue weighted by Crippen LogP contribution is 2.34. The highest BCUT2D eigenvalue weighted by Gasteiger charge is 2.50. The fourth-order valence-corrected chi connectivity index (χ4v) is 3.68. The monoisotopic (exact) mass is 414 g/mol. The Labute approximate surface area is 177 Å². The molecule has 2 N–H and O–H groups in total. The average Bonchev–Trinajstić information content (AvgIpc) is 3.15. The second kappa shape index (κ2) is 11.4.